The molecule has 0 fully saturated rings. The minimum atomic E-state index is -0.499. The lowest BCUT2D eigenvalue weighted by Gasteiger charge is -2.19. The van der Waals surface area contributed by atoms with Crippen LogP contribution >= 0.6 is 35.0 Å². The number of nitrogens with zero attached hydrogens (tertiary/aromatic N) is 1. The van der Waals surface area contributed by atoms with Crippen LogP contribution in [0.2, 0.25) is 5.02 Å². The molecule has 0 aromatic heterocycles. The van der Waals surface area contributed by atoms with Crippen molar-refractivity contribution in [3.8, 4) is 0 Å². The molecule has 1 aliphatic rings. The minimum Gasteiger partial charge on any atom is -0.293 e. The van der Waals surface area contributed by atoms with Gasteiger partial charge in [0.25, 0.3) is 0 Å². The van der Waals surface area contributed by atoms with Gasteiger partial charge in [0.05, 0.1) is 12.2 Å². The molecule has 0 saturated carbocycles. The first kappa shape index (κ1) is 12.9. The van der Waals surface area contributed by atoms with E-state index >= 15 is 0 Å². The molecular weight excluding hydrogens is 301 g/mol. The Hall–Kier alpha value is -1.16. The lowest BCUT2D eigenvalue weighted by Crippen LogP contribution is -2.24. The first-order valence-electron chi connectivity index (χ1n) is 5.67. The summed E-state index contributed by atoms with van der Waals surface area (Å²) in [6, 6.07) is 13.5. The maximum Gasteiger partial charge on any atom is 0.321 e. The van der Waals surface area contributed by atoms with Crippen LogP contribution in [0, 0.1) is 0 Å². The fraction of sp³-hybridized carbons (Fsp3) is 0.0714. The molecule has 2 nitrogen and oxygen atoms in total. The molecule has 19 heavy (non-hydrogen) atoms. The maximum absolute atomic E-state index is 11.7. The summed E-state index contributed by atoms with van der Waals surface area (Å²) in [6.45, 7) is 0.457. The van der Waals surface area contributed by atoms with E-state index in [1.165, 1.54) is 0 Å². The van der Waals surface area contributed by atoms with Gasteiger partial charge in [0.1, 0.15) is 0 Å². The molecule has 0 atom stereocenters. The molecule has 0 radical (unpaired) electrons. The van der Waals surface area contributed by atoms with Gasteiger partial charge >= 0.3 is 5.37 Å². The molecule has 0 spiro atoms. The van der Waals surface area contributed by atoms with Crippen LogP contribution in [0.15, 0.2) is 52.3 Å². The molecule has 5 heteroatoms. The topological polar surface area (TPSA) is 20.3 Å². The number of carbonyl (C=O) groups is 1. The Morgan fingerprint density at radius 1 is 1.16 bits per heavy atom. The SMILES string of the molecule is O=C(Cl)N1Cc2ccccc2Sc2ccc(Cl)cc21. The average molecular weight is 310 g/mol. The van der Waals surface area contributed by atoms with Crippen LogP contribution in [0.3, 0.4) is 0 Å². The van der Waals surface area contributed by atoms with Crippen molar-refractivity contribution in [2.24, 2.45) is 0 Å². The summed E-state index contributed by atoms with van der Waals surface area (Å²) in [4.78, 5) is 15.3. The minimum absolute atomic E-state index is 0.457. The third-order valence-corrected chi connectivity index (χ3v) is 4.57. The Morgan fingerprint density at radius 2 is 1.95 bits per heavy atom. The largest absolute Gasteiger partial charge is 0.321 e. The van der Waals surface area contributed by atoms with Crippen LogP contribution in [0.25, 0.3) is 0 Å². The number of hydrogen-bond acceptors (Lipinski definition) is 2. The van der Waals surface area contributed by atoms with Crippen molar-refractivity contribution in [2.75, 3.05) is 4.90 Å². The van der Waals surface area contributed by atoms with E-state index < -0.39 is 5.37 Å². The highest BCUT2D eigenvalue weighted by Crippen LogP contribution is 2.42. The molecule has 96 valence electrons. The second-order valence-corrected chi connectivity index (χ2v) is 6.00. The van der Waals surface area contributed by atoms with Crippen LogP contribution in [0.1, 0.15) is 5.56 Å². The summed E-state index contributed by atoms with van der Waals surface area (Å²) >= 11 is 13.4. The lowest BCUT2D eigenvalue weighted by atomic mass is 10.2. The Labute approximate surface area is 125 Å². The maximum atomic E-state index is 11.7. The van der Waals surface area contributed by atoms with Gasteiger partial charge in [-0.05, 0) is 41.4 Å². The van der Waals surface area contributed by atoms with Gasteiger partial charge in [-0.3, -0.25) is 9.69 Å². The van der Waals surface area contributed by atoms with Gasteiger partial charge in [0.2, 0.25) is 0 Å². The van der Waals surface area contributed by atoms with Gasteiger partial charge in [0, 0.05) is 14.8 Å². The molecule has 2 aromatic carbocycles. The zero-order valence-electron chi connectivity index (χ0n) is 9.77. The fourth-order valence-corrected chi connectivity index (χ4v) is 3.43. The smallest absolute Gasteiger partial charge is 0.293 e. The van der Waals surface area contributed by atoms with Gasteiger partial charge in [0.15, 0.2) is 0 Å². The molecule has 1 aliphatic heterocycles. The summed E-state index contributed by atoms with van der Waals surface area (Å²) in [7, 11) is 0. The second-order valence-electron chi connectivity index (χ2n) is 4.16. The molecular formula is C14H9Cl2NOS. The third kappa shape index (κ3) is 2.46. The molecule has 0 unspecified atom stereocenters. The highest BCUT2D eigenvalue weighted by atomic mass is 35.5. The monoisotopic (exact) mass is 309 g/mol. The van der Waals surface area contributed by atoms with Gasteiger partial charge < -0.3 is 0 Å². The first-order chi connectivity index (χ1) is 9.15. The number of anilines is 1. The van der Waals surface area contributed by atoms with E-state index in [9.17, 15) is 4.79 Å². The molecule has 0 bridgehead atoms. The predicted octanol–water partition coefficient (Wildman–Crippen LogP) is 5.17. The molecule has 0 N–H and O–H groups in total. The number of benzene rings is 2. The number of carbonyl (C=O) groups excluding carboxylic acids is 1. The number of fused-ring (bicyclic) bond motifs is 2. The Balaban J connectivity index is 2.18. The number of halogens is 2. The zero-order chi connectivity index (χ0) is 13.4. The molecule has 1 amide bonds. The highest BCUT2D eigenvalue weighted by molar-refractivity contribution is 7.99. The van der Waals surface area contributed by atoms with Crippen molar-refractivity contribution in [1.82, 2.24) is 0 Å². The second kappa shape index (κ2) is 5.08. The van der Waals surface area contributed by atoms with E-state index in [0.29, 0.717) is 11.6 Å². The molecule has 1 heterocycles. The van der Waals surface area contributed by atoms with E-state index in [0.717, 1.165) is 21.0 Å². The lowest BCUT2D eigenvalue weighted by molar-refractivity contribution is 0.264. The van der Waals surface area contributed by atoms with Crippen molar-refractivity contribution < 1.29 is 4.79 Å². The fourth-order valence-electron chi connectivity index (χ4n) is 2.05. The standard InChI is InChI=1S/C14H9Cl2NOS/c15-10-5-6-13-11(7-10)17(14(16)18)8-9-3-1-2-4-12(9)19-13/h1-7H,8H2. The number of rotatable bonds is 0. The van der Waals surface area contributed by atoms with Crippen molar-refractivity contribution in [1.29, 1.82) is 0 Å². The van der Waals surface area contributed by atoms with E-state index in [2.05, 4.69) is 0 Å². The van der Waals surface area contributed by atoms with Crippen LogP contribution in [-0.4, -0.2) is 5.37 Å². The molecule has 2 aromatic rings. The van der Waals surface area contributed by atoms with E-state index in [1.54, 1.807) is 22.7 Å². The first-order valence-corrected chi connectivity index (χ1v) is 7.25. The molecule has 3 rings (SSSR count). The summed E-state index contributed by atoms with van der Waals surface area (Å²) in [5, 5.41) is 0.0917. The predicted molar refractivity (Wildman–Crippen MR) is 79.4 cm³/mol. The Morgan fingerprint density at radius 3 is 2.74 bits per heavy atom. The number of amides is 1. The normalized spacial score (nSPS) is 13.5. The van der Waals surface area contributed by atoms with Gasteiger partial charge in [-0.2, -0.15) is 0 Å². The summed E-state index contributed by atoms with van der Waals surface area (Å²) in [5.74, 6) is 0. The Kier molecular flexibility index (Phi) is 3.44. The van der Waals surface area contributed by atoms with Gasteiger partial charge in [-0.1, -0.05) is 41.6 Å². The summed E-state index contributed by atoms with van der Waals surface area (Å²) in [6.07, 6.45) is 0. The van der Waals surface area contributed by atoms with Gasteiger partial charge in [-0.25, -0.2) is 0 Å². The zero-order valence-corrected chi connectivity index (χ0v) is 12.1. The van der Waals surface area contributed by atoms with Gasteiger partial charge in [-0.15, -0.1) is 0 Å². The van der Waals surface area contributed by atoms with E-state index in [1.807, 2.05) is 36.4 Å². The van der Waals surface area contributed by atoms with Crippen LogP contribution in [0.4, 0.5) is 10.5 Å². The Bertz CT molecular complexity index is 660. The third-order valence-electron chi connectivity index (χ3n) is 2.94. The van der Waals surface area contributed by atoms with E-state index in [-0.39, 0.29) is 0 Å². The van der Waals surface area contributed by atoms with Crippen molar-refractivity contribution >= 4 is 46.0 Å². The number of hydrogen-bond donors (Lipinski definition) is 0. The van der Waals surface area contributed by atoms with Crippen molar-refractivity contribution in [2.45, 2.75) is 16.3 Å². The van der Waals surface area contributed by atoms with Crippen molar-refractivity contribution in [3.05, 3.63) is 53.1 Å². The summed E-state index contributed by atoms with van der Waals surface area (Å²) < 4.78 is 0. The summed E-state index contributed by atoms with van der Waals surface area (Å²) in [5.41, 5.74) is 1.84. The average Bonchev–Trinajstić information content (AvgIpc) is 2.55. The van der Waals surface area contributed by atoms with Crippen LogP contribution in [0.5, 0.6) is 0 Å². The van der Waals surface area contributed by atoms with Crippen LogP contribution < -0.4 is 4.90 Å². The molecule has 0 aliphatic carbocycles. The quantitative estimate of drug-likeness (QED) is 0.494. The van der Waals surface area contributed by atoms with Crippen LogP contribution in [-0.2, 0) is 6.54 Å². The van der Waals surface area contributed by atoms with Crippen molar-refractivity contribution in [3.63, 3.8) is 0 Å². The van der Waals surface area contributed by atoms with E-state index in [4.69, 9.17) is 23.2 Å². The highest BCUT2D eigenvalue weighted by Gasteiger charge is 2.23. The molecule has 0 saturated heterocycles.